The topological polar surface area (TPSA) is 48.5 Å². The van der Waals surface area contributed by atoms with Crippen molar-refractivity contribution in [3.8, 4) is 5.75 Å². The summed E-state index contributed by atoms with van der Waals surface area (Å²) >= 11 is 6.10. The molecule has 4 aromatic carbocycles. The Morgan fingerprint density at radius 3 is 2.33 bits per heavy atom. The number of hydrogen-bond acceptors (Lipinski definition) is 3. The van der Waals surface area contributed by atoms with Gasteiger partial charge in [0.25, 0.3) is 0 Å². The first-order valence-electron chi connectivity index (χ1n) is 13.6. The minimum Gasteiger partial charge on any atom is -0.492 e. The molecule has 0 amide bonds. The molecule has 5 aromatic rings. The molecule has 4 nitrogen and oxygen atoms in total. The fourth-order valence-electron chi connectivity index (χ4n) is 5.66. The third-order valence-electron chi connectivity index (χ3n) is 7.87. The molecule has 1 aromatic heterocycles. The normalized spacial score (nSPS) is 15.2. The zero-order valence-corrected chi connectivity index (χ0v) is 22.9. The Hall–Kier alpha value is -3.57. The number of nitrogens with zero attached hydrogens (tertiary/aromatic N) is 1. The molecule has 39 heavy (non-hydrogen) atoms. The molecule has 0 radical (unpaired) electrons. The first kappa shape index (κ1) is 25.7. The minimum absolute atomic E-state index is 0.443. The lowest BCUT2D eigenvalue weighted by Gasteiger charge is -2.30. The van der Waals surface area contributed by atoms with Gasteiger partial charge >= 0.3 is 0 Å². The van der Waals surface area contributed by atoms with Crippen LogP contribution >= 0.6 is 11.6 Å². The fourth-order valence-corrected chi connectivity index (χ4v) is 5.78. The number of hydrogen-bond donors (Lipinski definition) is 2. The van der Waals surface area contributed by atoms with Gasteiger partial charge in [0, 0.05) is 47.7 Å². The van der Waals surface area contributed by atoms with Crippen LogP contribution in [-0.2, 0) is 25.0 Å². The molecule has 2 heterocycles. The number of aliphatic hydroxyl groups is 1. The predicted octanol–water partition coefficient (Wildman–Crippen LogP) is 7.05. The highest BCUT2D eigenvalue weighted by Gasteiger charge is 2.32. The van der Waals surface area contributed by atoms with Crippen LogP contribution in [0.15, 0.2) is 97.1 Å². The van der Waals surface area contributed by atoms with Crippen molar-refractivity contribution < 1.29 is 9.84 Å². The summed E-state index contributed by atoms with van der Waals surface area (Å²) in [5.74, 6) is 0.805. The van der Waals surface area contributed by atoms with Gasteiger partial charge in [0.1, 0.15) is 18.0 Å². The molecule has 0 aliphatic carbocycles. The van der Waals surface area contributed by atoms with Crippen molar-refractivity contribution in [3.05, 3.63) is 136 Å². The number of aryl methyl sites for hydroxylation is 1. The van der Waals surface area contributed by atoms with E-state index in [1.165, 1.54) is 22.2 Å². The van der Waals surface area contributed by atoms with E-state index in [1.807, 2.05) is 72.8 Å². The van der Waals surface area contributed by atoms with Gasteiger partial charge in [-0.05, 0) is 65.9 Å². The van der Waals surface area contributed by atoms with E-state index >= 15 is 0 Å². The van der Waals surface area contributed by atoms with Crippen LogP contribution in [0, 0.1) is 6.92 Å². The second-order valence-corrected chi connectivity index (χ2v) is 11.0. The van der Waals surface area contributed by atoms with Crippen molar-refractivity contribution in [2.24, 2.45) is 0 Å². The highest BCUT2D eigenvalue weighted by atomic mass is 35.5. The molecule has 0 saturated carbocycles. The summed E-state index contributed by atoms with van der Waals surface area (Å²) in [6.45, 7) is 5.48. The minimum atomic E-state index is -1.18. The Kier molecular flexibility index (Phi) is 7.18. The summed E-state index contributed by atoms with van der Waals surface area (Å²) in [6.07, 6.45) is 1.50. The SMILES string of the molecule is Cc1ccc(C(O)(Cc2ccc(Cl)cc2)c2ccc(OCCN3CCc4c([nH]c5ccccc45)C3)cc2)cc1. The number of aromatic nitrogens is 1. The standard InChI is InChI=1S/C34H33ClN2O2/c1-24-6-10-26(11-7-24)34(38,22-25-8-14-28(35)15-9-25)27-12-16-29(17-13-27)39-21-20-37-19-18-31-30-4-2-3-5-32(30)36-33(31)23-37/h2-17,36,38H,18-23H2,1H3. The number of benzene rings is 4. The van der Waals surface area contributed by atoms with Crippen LogP contribution in [0.3, 0.4) is 0 Å². The Bertz CT molecular complexity index is 1560. The molecule has 1 unspecified atom stereocenters. The molecule has 1 atom stereocenters. The monoisotopic (exact) mass is 536 g/mol. The lowest BCUT2D eigenvalue weighted by atomic mass is 9.81. The summed E-state index contributed by atoms with van der Waals surface area (Å²) in [4.78, 5) is 6.04. The molecule has 2 N–H and O–H groups in total. The molecule has 0 fully saturated rings. The number of para-hydroxylation sites is 1. The zero-order valence-electron chi connectivity index (χ0n) is 22.2. The van der Waals surface area contributed by atoms with Crippen LogP contribution < -0.4 is 4.74 Å². The van der Waals surface area contributed by atoms with Crippen LogP contribution in [0.5, 0.6) is 5.75 Å². The number of halogens is 1. The van der Waals surface area contributed by atoms with E-state index < -0.39 is 5.60 Å². The van der Waals surface area contributed by atoms with E-state index in [-0.39, 0.29) is 0 Å². The molecule has 0 spiro atoms. The molecular formula is C34H33ClN2O2. The molecule has 0 saturated heterocycles. The largest absolute Gasteiger partial charge is 0.492 e. The highest BCUT2D eigenvalue weighted by Crippen LogP contribution is 2.35. The van der Waals surface area contributed by atoms with Gasteiger partial charge in [0.2, 0.25) is 0 Å². The van der Waals surface area contributed by atoms with Crippen LogP contribution in [0.2, 0.25) is 5.02 Å². The highest BCUT2D eigenvalue weighted by molar-refractivity contribution is 6.30. The van der Waals surface area contributed by atoms with E-state index in [0.29, 0.717) is 18.1 Å². The quantitative estimate of drug-likeness (QED) is 0.223. The average molecular weight is 537 g/mol. The zero-order chi connectivity index (χ0) is 26.8. The van der Waals surface area contributed by atoms with E-state index in [0.717, 1.165) is 54.1 Å². The Morgan fingerprint density at radius 2 is 1.59 bits per heavy atom. The van der Waals surface area contributed by atoms with E-state index in [1.54, 1.807) is 0 Å². The third-order valence-corrected chi connectivity index (χ3v) is 8.12. The number of nitrogens with one attached hydrogen (secondary N) is 1. The summed E-state index contributed by atoms with van der Waals surface area (Å²) in [5, 5.41) is 14.1. The lowest BCUT2D eigenvalue weighted by molar-refractivity contribution is 0.0810. The van der Waals surface area contributed by atoms with E-state index in [9.17, 15) is 5.11 Å². The summed E-state index contributed by atoms with van der Waals surface area (Å²) < 4.78 is 6.13. The second kappa shape index (κ2) is 10.9. The van der Waals surface area contributed by atoms with Gasteiger partial charge in [-0.25, -0.2) is 0 Å². The first-order chi connectivity index (χ1) is 19.0. The van der Waals surface area contributed by atoms with Gasteiger partial charge < -0.3 is 14.8 Å². The van der Waals surface area contributed by atoms with Gasteiger partial charge in [-0.3, -0.25) is 4.90 Å². The van der Waals surface area contributed by atoms with Gasteiger partial charge in [0.15, 0.2) is 0 Å². The molecule has 0 bridgehead atoms. The van der Waals surface area contributed by atoms with Crippen LogP contribution in [-0.4, -0.2) is 34.7 Å². The fraction of sp³-hybridized carbons (Fsp3) is 0.235. The van der Waals surface area contributed by atoms with Crippen molar-refractivity contribution in [2.75, 3.05) is 19.7 Å². The van der Waals surface area contributed by atoms with E-state index in [2.05, 4.69) is 41.1 Å². The van der Waals surface area contributed by atoms with E-state index in [4.69, 9.17) is 16.3 Å². The maximum absolute atomic E-state index is 12.1. The van der Waals surface area contributed by atoms with Crippen LogP contribution in [0.25, 0.3) is 10.9 Å². The smallest absolute Gasteiger partial charge is 0.119 e. The number of aromatic amines is 1. The third kappa shape index (κ3) is 5.46. The van der Waals surface area contributed by atoms with Crippen LogP contribution in [0.1, 0.15) is 33.5 Å². The molecule has 5 heteroatoms. The van der Waals surface area contributed by atoms with Crippen molar-refractivity contribution in [3.63, 3.8) is 0 Å². The van der Waals surface area contributed by atoms with Gasteiger partial charge in [0.05, 0.1) is 0 Å². The second-order valence-electron chi connectivity index (χ2n) is 10.6. The summed E-state index contributed by atoms with van der Waals surface area (Å²) in [5.41, 5.74) is 6.69. The number of fused-ring (bicyclic) bond motifs is 3. The van der Waals surface area contributed by atoms with Gasteiger partial charge in [-0.15, -0.1) is 0 Å². The first-order valence-corrected chi connectivity index (χ1v) is 13.9. The van der Waals surface area contributed by atoms with Crippen LogP contribution in [0.4, 0.5) is 0 Å². The Balaban J connectivity index is 1.13. The van der Waals surface area contributed by atoms with Crippen molar-refractivity contribution in [2.45, 2.75) is 31.9 Å². The number of ether oxygens (including phenoxy) is 1. The Labute approximate surface area is 234 Å². The molecule has 198 valence electrons. The lowest BCUT2D eigenvalue weighted by Crippen LogP contribution is -2.33. The molecule has 6 rings (SSSR count). The molecule has 1 aliphatic heterocycles. The van der Waals surface area contributed by atoms with Crippen molar-refractivity contribution in [1.82, 2.24) is 9.88 Å². The summed E-state index contributed by atoms with van der Waals surface area (Å²) in [7, 11) is 0. The maximum atomic E-state index is 12.1. The Morgan fingerprint density at radius 1 is 0.897 bits per heavy atom. The van der Waals surface area contributed by atoms with Crippen molar-refractivity contribution >= 4 is 22.5 Å². The maximum Gasteiger partial charge on any atom is 0.119 e. The predicted molar refractivity (Wildman–Crippen MR) is 159 cm³/mol. The molecule has 1 aliphatic rings. The van der Waals surface area contributed by atoms with Crippen molar-refractivity contribution in [1.29, 1.82) is 0 Å². The molecular weight excluding hydrogens is 504 g/mol. The summed E-state index contributed by atoms with van der Waals surface area (Å²) in [6, 6.07) is 32.2. The van der Waals surface area contributed by atoms with Gasteiger partial charge in [-0.1, -0.05) is 83.9 Å². The number of rotatable bonds is 8. The average Bonchev–Trinajstić information content (AvgIpc) is 3.33. The number of H-pyrrole nitrogens is 1. The van der Waals surface area contributed by atoms with Gasteiger partial charge in [-0.2, -0.15) is 0 Å².